The third-order valence-corrected chi connectivity index (χ3v) is 8.50. The molecule has 0 bridgehead atoms. The SMILES string of the molecule is CCN1CCN(c2cccc(Nc3ncc4c(n3)N(C)C(=O)N(c3cc(NC(=O)c5cccc(C(F)(F)F)c5)ccc3C)C4)c2)CC1. The monoisotopic (exact) mass is 644 g/mol. The standard InChI is InChI=1S/C34H35F3N8O2/c1-4-43-13-15-44(16-14-43)28-10-6-9-26(18-28)40-32-38-20-24-21-45(33(47)42(3)30(24)41-32)29-19-27(12-11-22(29)2)39-31(46)23-7-5-8-25(17-23)34(35,36)37/h5-12,17-20H,4,13-16,21H2,1-3H3,(H,39,46)(H,38,40,41). The molecule has 3 amide bonds. The van der Waals surface area contributed by atoms with Crippen LogP contribution in [0.15, 0.2) is 72.9 Å². The van der Waals surface area contributed by atoms with Crippen molar-refractivity contribution in [1.82, 2.24) is 14.9 Å². The van der Waals surface area contributed by atoms with Crippen molar-refractivity contribution >= 4 is 46.5 Å². The van der Waals surface area contributed by atoms with Crippen LogP contribution in [0.2, 0.25) is 0 Å². The van der Waals surface area contributed by atoms with Crippen LogP contribution in [-0.2, 0) is 12.7 Å². The fourth-order valence-electron chi connectivity index (χ4n) is 5.81. The molecular weight excluding hydrogens is 609 g/mol. The van der Waals surface area contributed by atoms with Crippen molar-refractivity contribution in [1.29, 1.82) is 0 Å². The number of rotatable bonds is 7. The Morgan fingerprint density at radius 2 is 1.72 bits per heavy atom. The zero-order valence-corrected chi connectivity index (χ0v) is 26.3. The normalized spacial score (nSPS) is 15.4. The molecule has 2 aliphatic rings. The van der Waals surface area contributed by atoms with E-state index in [2.05, 4.69) is 49.5 Å². The molecule has 6 rings (SSSR count). The highest BCUT2D eigenvalue weighted by atomic mass is 19.4. The minimum absolute atomic E-state index is 0.132. The van der Waals surface area contributed by atoms with Gasteiger partial charge < -0.3 is 20.4 Å². The van der Waals surface area contributed by atoms with Crippen LogP contribution in [0, 0.1) is 6.92 Å². The summed E-state index contributed by atoms with van der Waals surface area (Å²) in [5.74, 6) is 0.138. The van der Waals surface area contributed by atoms with Gasteiger partial charge in [0.15, 0.2) is 0 Å². The molecule has 47 heavy (non-hydrogen) atoms. The first-order chi connectivity index (χ1) is 22.5. The number of urea groups is 1. The summed E-state index contributed by atoms with van der Waals surface area (Å²) in [5.41, 5.74) is 3.27. The van der Waals surface area contributed by atoms with Crippen molar-refractivity contribution in [3.05, 3.63) is 95.2 Å². The highest BCUT2D eigenvalue weighted by Crippen LogP contribution is 2.34. The highest BCUT2D eigenvalue weighted by molar-refractivity contribution is 6.07. The first-order valence-electron chi connectivity index (χ1n) is 15.3. The smallest absolute Gasteiger partial charge is 0.369 e. The number of aromatic nitrogens is 2. The van der Waals surface area contributed by atoms with E-state index in [9.17, 15) is 22.8 Å². The number of alkyl halides is 3. The maximum absolute atomic E-state index is 13.6. The van der Waals surface area contributed by atoms with E-state index < -0.39 is 17.6 Å². The Morgan fingerprint density at radius 3 is 2.47 bits per heavy atom. The van der Waals surface area contributed by atoms with Gasteiger partial charge in [-0.3, -0.25) is 14.6 Å². The van der Waals surface area contributed by atoms with E-state index >= 15 is 0 Å². The van der Waals surface area contributed by atoms with Crippen molar-refractivity contribution in [3.63, 3.8) is 0 Å². The lowest BCUT2D eigenvalue weighted by Crippen LogP contribution is -2.46. The molecule has 0 atom stereocenters. The zero-order valence-electron chi connectivity index (χ0n) is 26.3. The summed E-state index contributed by atoms with van der Waals surface area (Å²) in [6.07, 6.45) is -2.89. The molecule has 2 aliphatic heterocycles. The summed E-state index contributed by atoms with van der Waals surface area (Å²) in [6, 6.07) is 17.0. The number of halogens is 3. The molecule has 0 spiro atoms. The molecule has 1 aromatic heterocycles. The lowest BCUT2D eigenvalue weighted by molar-refractivity contribution is -0.137. The third-order valence-electron chi connectivity index (χ3n) is 8.50. The molecule has 1 saturated heterocycles. The van der Waals surface area contributed by atoms with Gasteiger partial charge in [-0.2, -0.15) is 18.2 Å². The van der Waals surface area contributed by atoms with Gasteiger partial charge in [-0.25, -0.2) is 9.78 Å². The van der Waals surface area contributed by atoms with Crippen LogP contribution in [-0.4, -0.2) is 66.6 Å². The van der Waals surface area contributed by atoms with Gasteiger partial charge in [0, 0.05) is 67.6 Å². The minimum Gasteiger partial charge on any atom is -0.369 e. The summed E-state index contributed by atoms with van der Waals surface area (Å²) < 4.78 is 39.5. The maximum Gasteiger partial charge on any atom is 0.416 e. The van der Waals surface area contributed by atoms with E-state index in [0.29, 0.717) is 23.1 Å². The Kier molecular flexibility index (Phi) is 8.74. The molecule has 1 fully saturated rings. The van der Waals surface area contributed by atoms with Crippen LogP contribution >= 0.6 is 0 Å². The molecule has 13 heteroatoms. The van der Waals surface area contributed by atoms with Gasteiger partial charge in [0.1, 0.15) is 5.82 Å². The predicted octanol–water partition coefficient (Wildman–Crippen LogP) is 6.52. The molecule has 0 aliphatic carbocycles. The van der Waals surface area contributed by atoms with Gasteiger partial charge in [0.2, 0.25) is 5.95 Å². The van der Waals surface area contributed by atoms with Crippen LogP contribution in [0.4, 0.5) is 52.5 Å². The second-order valence-electron chi connectivity index (χ2n) is 11.6. The Morgan fingerprint density at radius 1 is 0.957 bits per heavy atom. The average molecular weight is 645 g/mol. The second kappa shape index (κ2) is 12.9. The number of hydrogen-bond donors (Lipinski definition) is 2. The van der Waals surface area contributed by atoms with Crippen molar-refractivity contribution in [2.45, 2.75) is 26.6 Å². The molecule has 0 saturated carbocycles. The number of nitrogens with one attached hydrogen (secondary N) is 2. The molecule has 3 aromatic carbocycles. The summed E-state index contributed by atoms with van der Waals surface area (Å²) in [6.45, 7) is 9.21. The fraction of sp³-hybridized carbons (Fsp3) is 0.294. The number of carbonyl (C=O) groups excluding carboxylic acids is 2. The number of anilines is 6. The van der Waals surface area contributed by atoms with Crippen LogP contribution in [0.3, 0.4) is 0 Å². The van der Waals surface area contributed by atoms with Crippen molar-refractivity contribution in [3.8, 4) is 0 Å². The summed E-state index contributed by atoms with van der Waals surface area (Å²) >= 11 is 0. The van der Waals surface area contributed by atoms with E-state index in [0.717, 1.165) is 67.4 Å². The largest absolute Gasteiger partial charge is 0.416 e. The van der Waals surface area contributed by atoms with Crippen LogP contribution in [0.25, 0.3) is 0 Å². The number of fused-ring (bicyclic) bond motifs is 1. The number of hydrogen-bond acceptors (Lipinski definition) is 7. The quantitative estimate of drug-likeness (QED) is 0.237. The van der Waals surface area contributed by atoms with E-state index in [1.807, 2.05) is 19.1 Å². The number of benzene rings is 3. The van der Waals surface area contributed by atoms with Gasteiger partial charge in [-0.1, -0.05) is 25.1 Å². The molecule has 3 heterocycles. The molecule has 0 unspecified atom stereocenters. The number of carbonyl (C=O) groups is 2. The zero-order chi connectivity index (χ0) is 33.3. The van der Waals surface area contributed by atoms with E-state index in [4.69, 9.17) is 0 Å². The Labute approximate surface area is 270 Å². The fourth-order valence-corrected chi connectivity index (χ4v) is 5.81. The van der Waals surface area contributed by atoms with E-state index in [1.165, 1.54) is 17.0 Å². The minimum atomic E-state index is -4.57. The average Bonchev–Trinajstić information content (AvgIpc) is 3.07. The third kappa shape index (κ3) is 6.85. The first kappa shape index (κ1) is 31.8. The van der Waals surface area contributed by atoms with Gasteiger partial charge in [0.05, 0.1) is 17.8 Å². The first-order valence-corrected chi connectivity index (χ1v) is 15.3. The van der Waals surface area contributed by atoms with Crippen molar-refractivity contribution in [2.24, 2.45) is 0 Å². The van der Waals surface area contributed by atoms with Gasteiger partial charge in [-0.15, -0.1) is 0 Å². The van der Waals surface area contributed by atoms with E-state index in [-0.39, 0.29) is 18.1 Å². The predicted molar refractivity (Wildman–Crippen MR) is 177 cm³/mol. The number of piperazine rings is 1. The molecule has 4 aromatic rings. The number of likely N-dealkylation sites (N-methyl/N-ethyl adjacent to an activating group) is 1. The van der Waals surface area contributed by atoms with Gasteiger partial charge in [0.25, 0.3) is 5.91 Å². The van der Waals surface area contributed by atoms with Gasteiger partial charge >= 0.3 is 12.2 Å². The molecular formula is C34H35F3N8O2. The summed E-state index contributed by atoms with van der Waals surface area (Å²) in [7, 11) is 1.63. The van der Waals surface area contributed by atoms with Crippen LogP contribution in [0.5, 0.6) is 0 Å². The Hall–Kier alpha value is -5.17. The molecule has 244 valence electrons. The number of aryl methyl sites for hydroxylation is 1. The maximum atomic E-state index is 13.6. The van der Waals surface area contributed by atoms with Crippen molar-refractivity contribution < 1.29 is 22.8 Å². The lowest BCUT2D eigenvalue weighted by Gasteiger charge is -2.35. The van der Waals surface area contributed by atoms with Crippen molar-refractivity contribution in [2.75, 3.05) is 65.1 Å². The summed E-state index contributed by atoms with van der Waals surface area (Å²) in [4.78, 5) is 43.5. The Bertz CT molecular complexity index is 1810. The number of amides is 3. The highest BCUT2D eigenvalue weighted by Gasteiger charge is 2.33. The van der Waals surface area contributed by atoms with E-state index in [1.54, 1.807) is 36.3 Å². The van der Waals surface area contributed by atoms with Crippen LogP contribution < -0.4 is 25.3 Å². The van der Waals surface area contributed by atoms with Gasteiger partial charge in [-0.05, 0) is 67.6 Å². The Balaban J connectivity index is 1.18. The molecule has 0 radical (unpaired) electrons. The lowest BCUT2D eigenvalue weighted by atomic mass is 10.1. The second-order valence-corrected chi connectivity index (χ2v) is 11.6. The van der Waals surface area contributed by atoms with Crippen LogP contribution in [0.1, 0.15) is 34.0 Å². The molecule has 2 N–H and O–H groups in total. The molecule has 10 nitrogen and oxygen atoms in total. The summed E-state index contributed by atoms with van der Waals surface area (Å²) in [5, 5.41) is 5.93. The number of nitrogens with zero attached hydrogens (tertiary/aromatic N) is 6. The topological polar surface area (TPSA) is 96.9 Å².